The summed E-state index contributed by atoms with van der Waals surface area (Å²) in [5, 5.41) is 18.0. The van der Waals surface area contributed by atoms with Crippen LogP contribution in [0.15, 0.2) is 36.9 Å². The van der Waals surface area contributed by atoms with Crippen molar-refractivity contribution in [2.24, 2.45) is 5.92 Å². The second-order valence-corrected chi connectivity index (χ2v) is 4.11. The van der Waals surface area contributed by atoms with Crippen LogP contribution in [0.3, 0.4) is 0 Å². The van der Waals surface area contributed by atoms with Gasteiger partial charge in [-0.2, -0.15) is 0 Å². The zero-order valence-electron chi connectivity index (χ0n) is 10.0. The summed E-state index contributed by atoms with van der Waals surface area (Å²) in [6.45, 7) is 3.57. The van der Waals surface area contributed by atoms with Crippen LogP contribution < -0.4 is 0 Å². The molecule has 0 radical (unpaired) electrons. The van der Waals surface area contributed by atoms with E-state index in [9.17, 15) is 9.59 Å². The van der Waals surface area contributed by atoms with E-state index < -0.39 is 17.9 Å². The summed E-state index contributed by atoms with van der Waals surface area (Å²) in [6.07, 6.45) is 3.17. The maximum absolute atomic E-state index is 11.1. The molecule has 2 N–H and O–H groups in total. The smallest absolute Gasteiger partial charge is 0.335 e. The van der Waals surface area contributed by atoms with Crippen molar-refractivity contribution in [3.63, 3.8) is 0 Å². The van der Waals surface area contributed by atoms with E-state index in [1.54, 1.807) is 18.2 Å². The number of hydrogen-bond acceptors (Lipinski definition) is 2. The normalized spacial score (nSPS) is 11.8. The Morgan fingerprint density at radius 1 is 1.33 bits per heavy atom. The number of benzene rings is 1. The second-order valence-electron chi connectivity index (χ2n) is 4.11. The molecule has 1 aromatic rings. The average Bonchev–Trinajstić information content (AvgIpc) is 2.34. The SMILES string of the molecule is C=CCC[C@H](Cc1cccc(C(=O)O)c1)C(=O)O. The van der Waals surface area contributed by atoms with Gasteiger partial charge in [0, 0.05) is 0 Å². The number of allylic oxidation sites excluding steroid dienone is 1. The van der Waals surface area contributed by atoms with E-state index in [0.29, 0.717) is 19.3 Å². The quantitative estimate of drug-likeness (QED) is 0.727. The van der Waals surface area contributed by atoms with Gasteiger partial charge in [-0.15, -0.1) is 6.58 Å². The first-order valence-electron chi connectivity index (χ1n) is 5.70. The van der Waals surface area contributed by atoms with E-state index in [1.165, 1.54) is 12.1 Å². The Hall–Kier alpha value is -2.10. The molecular formula is C14H16O4. The van der Waals surface area contributed by atoms with E-state index in [1.807, 2.05) is 0 Å². The van der Waals surface area contributed by atoms with E-state index >= 15 is 0 Å². The lowest BCUT2D eigenvalue weighted by molar-refractivity contribution is -0.141. The van der Waals surface area contributed by atoms with Gasteiger partial charge in [0.15, 0.2) is 0 Å². The number of aromatic carboxylic acids is 1. The number of carbonyl (C=O) groups is 2. The average molecular weight is 248 g/mol. The van der Waals surface area contributed by atoms with Crippen LogP contribution in [0.25, 0.3) is 0 Å². The van der Waals surface area contributed by atoms with Crippen molar-refractivity contribution in [2.75, 3.05) is 0 Å². The van der Waals surface area contributed by atoms with Gasteiger partial charge >= 0.3 is 11.9 Å². The third kappa shape index (κ3) is 4.05. The lowest BCUT2D eigenvalue weighted by Gasteiger charge is -2.11. The molecule has 0 saturated heterocycles. The van der Waals surface area contributed by atoms with Crippen molar-refractivity contribution in [3.05, 3.63) is 48.0 Å². The molecule has 1 rings (SSSR count). The van der Waals surface area contributed by atoms with Gasteiger partial charge < -0.3 is 10.2 Å². The number of carboxylic acids is 2. The van der Waals surface area contributed by atoms with Gasteiger partial charge in [0.1, 0.15) is 0 Å². The fourth-order valence-corrected chi connectivity index (χ4v) is 1.75. The lowest BCUT2D eigenvalue weighted by atomic mass is 9.94. The number of rotatable bonds is 7. The first kappa shape index (κ1) is 14.0. The molecule has 0 aliphatic carbocycles. The topological polar surface area (TPSA) is 74.6 Å². The largest absolute Gasteiger partial charge is 0.481 e. The van der Waals surface area contributed by atoms with Crippen molar-refractivity contribution in [1.82, 2.24) is 0 Å². The molecule has 0 heterocycles. The van der Waals surface area contributed by atoms with Crippen molar-refractivity contribution in [1.29, 1.82) is 0 Å². The molecular weight excluding hydrogens is 232 g/mol. The molecule has 0 aliphatic rings. The molecule has 0 unspecified atom stereocenters. The van der Waals surface area contributed by atoms with Crippen molar-refractivity contribution >= 4 is 11.9 Å². The van der Waals surface area contributed by atoms with E-state index in [-0.39, 0.29) is 5.56 Å². The Balaban J connectivity index is 2.80. The molecule has 0 aliphatic heterocycles. The van der Waals surface area contributed by atoms with E-state index in [0.717, 1.165) is 5.56 Å². The molecule has 0 saturated carbocycles. The highest BCUT2D eigenvalue weighted by Gasteiger charge is 2.17. The zero-order valence-corrected chi connectivity index (χ0v) is 10.0. The Kier molecular flexibility index (Phi) is 5.11. The summed E-state index contributed by atoms with van der Waals surface area (Å²) < 4.78 is 0. The minimum Gasteiger partial charge on any atom is -0.481 e. The maximum Gasteiger partial charge on any atom is 0.335 e. The van der Waals surface area contributed by atoms with Crippen molar-refractivity contribution in [3.8, 4) is 0 Å². The van der Waals surface area contributed by atoms with Gasteiger partial charge in [-0.05, 0) is 37.0 Å². The third-order valence-corrected chi connectivity index (χ3v) is 2.72. The predicted octanol–water partition coefficient (Wildman–Crippen LogP) is 2.59. The molecule has 0 spiro atoms. The second kappa shape index (κ2) is 6.59. The minimum absolute atomic E-state index is 0.181. The van der Waals surface area contributed by atoms with Crippen LogP contribution in [-0.2, 0) is 11.2 Å². The van der Waals surface area contributed by atoms with Gasteiger partial charge in [-0.1, -0.05) is 18.2 Å². The molecule has 1 atom stereocenters. The van der Waals surface area contributed by atoms with Gasteiger partial charge in [-0.25, -0.2) is 4.79 Å². The molecule has 18 heavy (non-hydrogen) atoms. The molecule has 0 fully saturated rings. The van der Waals surface area contributed by atoms with Crippen LogP contribution in [0.2, 0.25) is 0 Å². The Labute approximate surface area is 106 Å². The fraction of sp³-hybridized carbons (Fsp3) is 0.286. The van der Waals surface area contributed by atoms with Crippen LogP contribution in [0.5, 0.6) is 0 Å². The Bertz CT molecular complexity index is 451. The van der Waals surface area contributed by atoms with E-state index in [4.69, 9.17) is 10.2 Å². The lowest BCUT2D eigenvalue weighted by Crippen LogP contribution is -2.16. The molecule has 0 aromatic heterocycles. The van der Waals surface area contributed by atoms with Crippen LogP contribution in [0.4, 0.5) is 0 Å². The molecule has 0 amide bonds. The first-order chi connectivity index (χ1) is 8.54. The summed E-state index contributed by atoms with van der Waals surface area (Å²) >= 11 is 0. The Morgan fingerprint density at radius 2 is 2.06 bits per heavy atom. The number of carboxylic acid groups (broad SMARTS) is 2. The van der Waals surface area contributed by atoms with Crippen LogP contribution in [0, 0.1) is 5.92 Å². The Morgan fingerprint density at radius 3 is 2.61 bits per heavy atom. The highest BCUT2D eigenvalue weighted by molar-refractivity contribution is 5.87. The first-order valence-corrected chi connectivity index (χ1v) is 5.70. The molecule has 4 heteroatoms. The van der Waals surface area contributed by atoms with Crippen molar-refractivity contribution < 1.29 is 19.8 Å². The standard InChI is InChI=1S/C14H16O4/c1-2-3-6-11(13(15)16)8-10-5-4-7-12(9-10)14(17)18/h2,4-5,7,9,11H,1,3,6,8H2,(H,15,16)(H,17,18)/t11-/m1/s1. The highest BCUT2D eigenvalue weighted by atomic mass is 16.4. The summed E-state index contributed by atoms with van der Waals surface area (Å²) in [7, 11) is 0. The van der Waals surface area contributed by atoms with Crippen LogP contribution in [0.1, 0.15) is 28.8 Å². The minimum atomic E-state index is -1.00. The molecule has 96 valence electrons. The van der Waals surface area contributed by atoms with Crippen LogP contribution in [-0.4, -0.2) is 22.2 Å². The van der Waals surface area contributed by atoms with Gasteiger partial charge in [0.25, 0.3) is 0 Å². The summed E-state index contributed by atoms with van der Waals surface area (Å²) in [4.78, 5) is 21.9. The van der Waals surface area contributed by atoms with Crippen molar-refractivity contribution in [2.45, 2.75) is 19.3 Å². The van der Waals surface area contributed by atoms with E-state index in [2.05, 4.69) is 6.58 Å². The maximum atomic E-state index is 11.1. The van der Waals surface area contributed by atoms with Gasteiger partial charge in [-0.3, -0.25) is 4.79 Å². The molecule has 4 nitrogen and oxygen atoms in total. The number of hydrogen-bond donors (Lipinski definition) is 2. The molecule has 1 aromatic carbocycles. The van der Waals surface area contributed by atoms with Gasteiger partial charge in [0.2, 0.25) is 0 Å². The fourth-order valence-electron chi connectivity index (χ4n) is 1.75. The summed E-state index contributed by atoms with van der Waals surface area (Å²) in [5.74, 6) is -2.38. The monoisotopic (exact) mass is 248 g/mol. The third-order valence-electron chi connectivity index (χ3n) is 2.72. The van der Waals surface area contributed by atoms with Crippen LogP contribution >= 0.6 is 0 Å². The highest BCUT2D eigenvalue weighted by Crippen LogP contribution is 2.16. The molecule has 0 bridgehead atoms. The summed E-state index contributed by atoms with van der Waals surface area (Å²) in [6, 6.07) is 6.39. The van der Waals surface area contributed by atoms with Gasteiger partial charge in [0.05, 0.1) is 11.5 Å². The number of aliphatic carboxylic acids is 1. The zero-order chi connectivity index (χ0) is 13.5. The summed E-state index contributed by atoms with van der Waals surface area (Å²) in [5.41, 5.74) is 0.909. The predicted molar refractivity (Wildman–Crippen MR) is 67.7 cm³/mol.